The number of nitrogens with one attached hydrogen (secondary N) is 1. The molecule has 0 spiro atoms. The van der Waals surface area contributed by atoms with Gasteiger partial charge in [0.25, 0.3) is 5.56 Å². The Morgan fingerprint density at radius 3 is 2.91 bits per heavy atom. The molecule has 1 saturated heterocycles. The van der Waals surface area contributed by atoms with Crippen LogP contribution in [-0.2, 0) is 14.3 Å². The second-order valence-electron chi connectivity index (χ2n) is 4.80. The number of aromatic nitrogens is 2. The van der Waals surface area contributed by atoms with Crippen molar-refractivity contribution >= 4 is 18.4 Å². The van der Waals surface area contributed by atoms with Crippen molar-refractivity contribution in [1.82, 2.24) is 9.55 Å². The maximum absolute atomic E-state index is 13.2. The van der Waals surface area contributed by atoms with Crippen LogP contribution in [0.25, 0.3) is 0 Å². The lowest BCUT2D eigenvalue weighted by Crippen LogP contribution is -2.34. The minimum atomic E-state index is -1.14. The predicted molar refractivity (Wildman–Crippen MR) is 77.7 cm³/mol. The zero-order chi connectivity index (χ0) is 16.3. The molecule has 9 nitrogen and oxygen atoms in total. The number of ether oxygens (including phenoxy) is 2. The van der Waals surface area contributed by atoms with Gasteiger partial charge in [-0.1, -0.05) is 0 Å². The van der Waals surface area contributed by atoms with E-state index in [0.717, 1.165) is 4.57 Å². The summed E-state index contributed by atoms with van der Waals surface area (Å²) in [5, 5.41) is 9.86. The lowest BCUT2D eigenvalue weighted by atomic mass is 10.2. The Balaban J connectivity index is 0.00000264. The molecule has 1 aliphatic heterocycles. The van der Waals surface area contributed by atoms with Crippen LogP contribution >= 0.6 is 12.4 Å². The van der Waals surface area contributed by atoms with Gasteiger partial charge in [-0.25, -0.2) is 4.79 Å². The van der Waals surface area contributed by atoms with E-state index in [9.17, 15) is 23.9 Å². The number of carbonyl (C=O) groups is 1. The van der Waals surface area contributed by atoms with Gasteiger partial charge in [0.2, 0.25) is 5.82 Å². The number of nitrogens with two attached hydrogens (primary N) is 1. The molecule has 2 rings (SSSR count). The van der Waals surface area contributed by atoms with Gasteiger partial charge in [-0.05, 0) is 0 Å². The van der Waals surface area contributed by atoms with E-state index in [4.69, 9.17) is 15.2 Å². The Morgan fingerprint density at radius 1 is 1.57 bits per heavy atom. The van der Waals surface area contributed by atoms with Gasteiger partial charge in [-0.15, -0.1) is 12.4 Å². The van der Waals surface area contributed by atoms with Gasteiger partial charge in [-0.3, -0.25) is 19.1 Å². The Morgan fingerprint density at radius 2 is 2.26 bits per heavy atom. The Labute approximate surface area is 135 Å². The van der Waals surface area contributed by atoms with Gasteiger partial charge in [0.1, 0.15) is 18.9 Å². The van der Waals surface area contributed by atoms with Crippen molar-refractivity contribution in [1.29, 1.82) is 0 Å². The van der Waals surface area contributed by atoms with Gasteiger partial charge in [-0.2, -0.15) is 4.39 Å². The summed E-state index contributed by atoms with van der Waals surface area (Å²) in [4.78, 5) is 35.6. The average Bonchev–Trinajstić information content (AvgIpc) is 2.82. The summed E-state index contributed by atoms with van der Waals surface area (Å²) in [6, 6.07) is 0. The summed E-state index contributed by atoms with van der Waals surface area (Å²) in [7, 11) is 0. The molecule has 0 aliphatic carbocycles. The molecule has 3 atom stereocenters. The average molecular weight is 354 g/mol. The summed E-state index contributed by atoms with van der Waals surface area (Å²) < 4.78 is 24.3. The number of aromatic amines is 1. The van der Waals surface area contributed by atoms with Crippen LogP contribution in [0.2, 0.25) is 0 Å². The second kappa shape index (κ2) is 8.20. The molecular weight excluding hydrogens is 337 g/mol. The summed E-state index contributed by atoms with van der Waals surface area (Å²) >= 11 is 0. The zero-order valence-corrected chi connectivity index (χ0v) is 12.8. The SMILES string of the molecule is Cl.NCCC(=O)OC[C@H]1O[C@@H](n2cc(F)c(=O)[nH]c2=O)C[C@@H]1O. The summed E-state index contributed by atoms with van der Waals surface area (Å²) in [6.07, 6.45) is -2.08. The van der Waals surface area contributed by atoms with E-state index in [2.05, 4.69) is 0 Å². The second-order valence-corrected chi connectivity index (χ2v) is 4.80. The van der Waals surface area contributed by atoms with Crippen molar-refractivity contribution < 1.29 is 23.8 Å². The standard InChI is InChI=1S/C12H16FN3O6.ClH/c13-6-4-16(12(20)15-11(6)19)9-3-7(17)8(22-9)5-21-10(18)1-2-14;/h4,7-9,17H,1-3,5,14H2,(H,15,19,20);1H/t7-,8+,9+;/m0./s1. The van der Waals surface area contributed by atoms with Gasteiger partial charge < -0.3 is 20.3 Å². The number of hydrogen-bond donors (Lipinski definition) is 3. The number of aliphatic hydroxyl groups is 1. The number of esters is 1. The van der Waals surface area contributed by atoms with E-state index in [1.54, 1.807) is 4.98 Å². The molecule has 0 bridgehead atoms. The molecule has 0 amide bonds. The van der Waals surface area contributed by atoms with Crippen LogP contribution in [0.5, 0.6) is 0 Å². The van der Waals surface area contributed by atoms with Gasteiger partial charge in [0.05, 0.1) is 18.7 Å². The molecule has 0 radical (unpaired) electrons. The quantitative estimate of drug-likeness (QED) is 0.556. The molecule has 0 unspecified atom stereocenters. The molecule has 1 aliphatic rings. The molecule has 0 aromatic carbocycles. The monoisotopic (exact) mass is 353 g/mol. The van der Waals surface area contributed by atoms with E-state index in [1.807, 2.05) is 0 Å². The molecule has 1 aromatic heterocycles. The smallest absolute Gasteiger partial charge is 0.330 e. The Hall–Kier alpha value is -1.75. The lowest BCUT2D eigenvalue weighted by molar-refractivity contribution is -0.149. The van der Waals surface area contributed by atoms with Crippen molar-refractivity contribution in [2.45, 2.75) is 31.3 Å². The first-order valence-electron chi connectivity index (χ1n) is 6.62. The van der Waals surface area contributed by atoms with Crippen LogP contribution in [0.15, 0.2) is 15.8 Å². The number of halogens is 2. The summed E-state index contributed by atoms with van der Waals surface area (Å²) in [5.41, 5.74) is 3.21. The topological polar surface area (TPSA) is 137 Å². The molecular formula is C12H17ClFN3O6. The molecule has 23 heavy (non-hydrogen) atoms. The minimum Gasteiger partial charge on any atom is -0.463 e. The maximum atomic E-state index is 13.2. The lowest BCUT2D eigenvalue weighted by Gasteiger charge is -2.16. The predicted octanol–water partition coefficient (Wildman–Crippen LogP) is -1.36. The van der Waals surface area contributed by atoms with Crippen molar-refractivity contribution in [2.24, 2.45) is 5.73 Å². The Kier molecular flexibility index (Phi) is 6.88. The first kappa shape index (κ1) is 19.3. The molecule has 2 heterocycles. The fourth-order valence-electron chi connectivity index (χ4n) is 2.08. The van der Waals surface area contributed by atoms with E-state index in [0.29, 0.717) is 6.20 Å². The van der Waals surface area contributed by atoms with Crippen molar-refractivity contribution in [3.8, 4) is 0 Å². The fraction of sp³-hybridized carbons (Fsp3) is 0.583. The molecule has 11 heteroatoms. The molecule has 1 aromatic rings. The van der Waals surface area contributed by atoms with E-state index >= 15 is 0 Å². The van der Waals surface area contributed by atoms with Crippen LogP contribution in [0.1, 0.15) is 19.1 Å². The third-order valence-corrected chi connectivity index (χ3v) is 3.20. The number of aliphatic hydroxyl groups excluding tert-OH is 1. The molecule has 1 fully saturated rings. The molecule has 0 saturated carbocycles. The number of hydrogen-bond acceptors (Lipinski definition) is 7. The highest BCUT2D eigenvalue weighted by atomic mass is 35.5. The first-order valence-corrected chi connectivity index (χ1v) is 6.62. The van der Waals surface area contributed by atoms with Gasteiger partial charge >= 0.3 is 11.7 Å². The normalized spacial score (nSPS) is 23.3. The van der Waals surface area contributed by atoms with Gasteiger partial charge in [0, 0.05) is 13.0 Å². The number of nitrogens with zero attached hydrogens (tertiary/aromatic N) is 1. The van der Waals surface area contributed by atoms with E-state index in [-0.39, 0.29) is 38.4 Å². The highest BCUT2D eigenvalue weighted by Gasteiger charge is 2.36. The zero-order valence-electron chi connectivity index (χ0n) is 11.9. The van der Waals surface area contributed by atoms with Crippen LogP contribution in [0, 0.1) is 5.82 Å². The largest absolute Gasteiger partial charge is 0.463 e. The Bertz CT molecular complexity index is 663. The highest BCUT2D eigenvalue weighted by molar-refractivity contribution is 5.85. The third-order valence-electron chi connectivity index (χ3n) is 3.20. The highest BCUT2D eigenvalue weighted by Crippen LogP contribution is 2.27. The van der Waals surface area contributed by atoms with E-state index in [1.165, 1.54) is 0 Å². The maximum Gasteiger partial charge on any atom is 0.330 e. The van der Waals surface area contributed by atoms with Crippen LogP contribution < -0.4 is 17.0 Å². The number of rotatable bonds is 5. The fourth-order valence-corrected chi connectivity index (χ4v) is 2.08. The summed E-state index contributed by atoms with van der Waals surface area (Å²) in [6.45, 7) is -0.0708. The summed E-state index contributed by atoms with van der Waals surface area (Å²) in [5.74, 6) is -1.68. The van der Waals surface area contributed by atoms with Crippen LogP contribution in [-0.4, -0.2) is 46.0 Å². The van der Waals surface area contributed by atoms with Crippen molar-refractivity contribution in [2.75, 3.05) is 13.2 Å². The van der Waals surface area contributed by atoms with Crippen molar-refractivity contribution in [3.63, 3.8) is 0 Å². The van der Waals surface area contributed by atoms with Crippen molar-refractivity contribution in [3.05, 3.63) is 32.9 Å². The van der Waals surface area contributed by atoms with E-state index < -0.39 is 41.5 Å². The van der Waals surface area contributed by atoms with Gasteiger partial charge in [0.15, 0.2) is 0 Å². The minimum absolute atomic E-state index is 0. The molecule has 130 valence electrons. The van der Waals surface area contributed by atoms with Crippen LogP contribution in [0.3, 0.4) is 0 Å². The number of carbonyl (C=O) groups excluding carboxylic acids is 1. The first-order chi connectivity index (χ1) is 10.4. The third kappa shape index (κ3) is 4.61. The number of H-pyrrole nitrogens is 1. The van der Waals surface area contributed by atoms with Crippen LogP contribution in [0.4, 0.5) is 4.39 Å². The molecule has 4 N–H and O–H groups in total.